The Hall–Kier alpha value is -1.73. The third-order valence-electron chi connectivity index (χ3n) is 4.80. The van der Waals surface area contributed by atoms with Crippen molar-refractivity contribution >= 4 is 27.5 Å². The Morgan fingerprint density at radius 3 is 2.92 bits per heavy atom. The van der Waals surface area contributed by atoms with Crippen LogP contribution in [-0.2, 0) is 27.1 Å². The molecule has 0 aliphatic heterocycles. The summed E-state index contributed by atoms with van der Waals surface area (Å²) in [5.41, 5.74) is 0.995. The second-order valence-electron chi connectivity index (χ2n) is 6.70. The second-order valence-corrected chi connectivity index (χ2v) is 7.79. The lowest BCUT2D eigenvalue weighted by atomic mass is 9.89. The second kappa shape index (κ2) is 7.25. The predicted octanol–water partition coefficient (Wildman–Crippen LogP) is 2.64. The summed E-state index contributed by atoms with van der Waals surface area (Å²) < 4.78 is 11.5. The summed E-state index contributed by atoms with van der Waals surface area (Å²) >= 11 is 1.62. The highest BCUT2D eigenvalue weighted by Gasteiger charge is 2.27. The number of carbonyl (C=O) groups is 1. The van der Waals surface area contributed by atoms with E-state index in [1.54, 1.807) is 32.3 Å². The van der Waals surface area contributed by atoms with E-state index in [0.717, 1.165) is 29.7 Å². The molecule has 0 radical (unpaired) electrons. The highest BCUT2D eigenvalue weighted by atomic mass is 32.1. The molecule has 0 aromatic carbocycles. The average molecular weight is 364 g/mol. The van der Waals surface area contributed by atoms with E-state index in [1.807, 2.05) is 0 Å². The molecule has 0 bridgehead atoms. The van der Waals surface area contributed by atoms with Crippen molar-refractivity contribution in [3.63, 3.8) is 0 Å². The zero-order chi connectivity index (χ0) is 18.1. The first-order chi connectivity index (χ1) is 11.9. The summed E-state index contributed by atoms with van der Waals surface area (Å²) in [5.74, 6) is 0.736. The molecule has 0 spiro atoms. The lowest BCUT2D eigenvalue weighted by molar-refractivity contribution is -0.148. The SMILES string of the molecule is COCCOC(=O)C(C)n1c(C)nc2sc3c(c2c1=O)CCC(C)C3. The van der Waals surface area contributed by atoms with Gasteiger partial charge >= 0.3 is 5.97 Å². The molecule has 0 saturated heterocycles. The van der Waals surface area contributed by atoms with Gasteiger partial charge in [0.2, 0.25) is 0 Å². The Morgan fingerprint density at radius 2 is 2.20 bits per heavy atom. The van der Waals surface area contributed by atoms with Crippen molar-refractivity contribution in [2.24, 2.45) is 5.92 Å². The molecule has 0 amide bonds. The Bertz CT molecular complexity index is 855. The van der Waals surface area contributed by atoms with E-state index in [4.69, 9.17) is 9.47 Å². The van der Waals surface area contributed by atoms with E-state index >= 15 is 0 Å². The quantitative estimate of drug-likeness (QED) is 0.602. The van der Waals surface area contributed by atoms with Crippen LogP contribution in [0.15, 0.2) is 4.79 Å². The molecular formula is C18H24N2O4S. The van der Waals surface area contributed by atoms with Gasteiger partial charge in [0.25, 0.3) is 5.56 Å². The van der Waals surface area contributed by atoms with Crippen LogP contribution in [0.4, 0.5) is 0 Å². The third kappa shape index (κ3) is 3.35. The minimum atomic E-state index is -0.709. The number of methoxy groups -OCH3 is 1. The van der Waals surface area contributed by atoms with Gasteiger partial charge in [-0.15, -0.1) is 11.3 Å². The molecule has 3 rings (SSSR count). The molecule has 0 saturated carbocycles. The molecule has 0 N–H and O–H groups in total. The van der Waals surface area contributed by atoms with Crippen LogP contribution in [0.2, 0.25) is 0 Å². The number of rotatable bonds is 5. The van der Waals surface area contributed by atoms with Crippen molar-refractivity contribution in [3.8, 4) is 0 Å². The number of fused-ring (bicyclic) bond motifs is 3. The van der Waals surface area contributed by atoms with E-state index < -0.39 is 12.0 Å². The van der Waals surface area contributed by atoms with Gasteiger partial charge in [0.15, 0.2) is 0 Å². The Balaban J connectivity index is 2.01. The van der Waals surface area contributed by atoms with E-state index in [9.17, 15) is 9.59 Å². The molecule has 2 aromatic heterocycles. The molecule has 2 heterocycles. The summed E-state index contributed by atoms with van der Waals surface area (Å²) in [4.78, 5) is 32.1. The number of nitrogens with zero attached hydrogens (tertiary/aromatic N) is 2. The van der Waals surface area contributed by atoms with E-state index in [1.165, 1.54) is 9.44 Å². The predicted molar refractivity (Wildman–Crippen MR) is 97.4 cm³/mol. The Labute approximate surface area is 150 Å². The van der Waals surface area contributed by atoms with E-state index in [-0.39, 0.29) is 12.2 Å². The normalized spacial score (nSPS) is 18.2. The number of hydrogen-bond donors (Lipinski definition) is 0. The molecule has 25 heavy (non-hydrogen) atoms. The zero-order valence-electron chi connectivity index (χ0n) is 15.1. The first kappa shape index (κ1) is 18.1. The van der Waals surface area contributed by atoms with Crippen molar-refractivity contribution in [1.82, 2.24) is 9.55 Å². The highest BCUT2D eigenvalue weighted by molar-refractivity contribution is 7.18. The van der Waals surface area contributed by atoms with Gasteiger partial charge < -0.3 is 9.47 Å². The number of hydrogen-bond acceptors (Lipinski definition) is 6. The lowest BCUT2D eigenvalue weighted by Crippen LogP contribution is -2.32. The van der Waals surface area contributed by atoms with Gasteiger partial charge in [-0.05, 0) is 44.6 Å². The molecule has 136 valence electrons. The molecule has 0 fully saturated rings. The average Bonchev–Trinajstić information content (AvgIpc) is 2.91. The fourth-order valence-corrected chi connectivity index (χ4v) is 4.83. The number of aryl methyl sites for hydroxylation is 2. The third-order valence-corrected chi connectivity index (χ3v) is 5.95. The van der Waals surface area contributed by atoms with Crippen molar-refractivity contribution in [2.75, 3.05) is 20.3 Å². The van der Waals surface area contributed by atoms with Crippen LogP contribution >= 0.6 is 11.3 Å². The summed E-state index contributed by atoms with van der Waals surface area (Å²) in [6.07, 6.45) is 2.99. The fourth-order valence-electron chi connectivity index (χ4n) is 3.41. The van der Waals surface area contributed by atoms with Gasteiger partial charge in [0, 0.05) is 12.0 Å². The zero-order valence-corrected chi connectivity index (χ0v) is 15.9. The van der Waals surface area contributed by atoms with Crippen LogP contribution < -0.4 is 5.56 Å². The minimum Gasteiger partial charge on any atom is -0.462 e. The molecule has 6 nitrogen and oxygen atoms in total. The molecule has 1 aliphatic rings. The van der Waals surface area contributed by atoms with Crippen LogP contribution in [0.3, 0.4) is 0 Å². The van der Waals surface area contributed by atoms with Crippen LogP contribution in [-0.4, -0.2) is 35.8 Å². The number of esters is 1. The number of carbonyl (C=O) groups excluding carboxylic acids is 1. The summed E-state index contributed by atoms with van der Waals surface area (Å²) in [7, 11) is 1.55. The molecule has 2 aromatic rings. The number of ether oxygens (including phenoxy) is 2. The molecule has 2 atom stereocenters. The molecule has 1 aliphatic carbocycles. The van der Waals surface area contributed by atoms with Crippen molar-refractivity contribution in [1.29, 1.82) is 0 Å². The minimum absolute atomic E-state index is 0.134. The lowest BCUT2D eigenvalue weighted by Gasteiger charge is -2.19. The smallest absolute Gasteiger partial charge is 0.329 e. The largest absolute Gasteiger partial charge is 0.462 e. The van der Waals surface area contributed by atoms with Crippen LogP contribution in [0.25, 0.3) is 10.2 Å². The monoisotopic (exact) mass is 364 g/mol. The van der Waals surface area contributed by atoms with Gasteiger partial charge in [-0.25, -0.2) is 9.78 Å². The first-order valence-electron chi connectivity index (χ1n) is 8.63. The highest BCUT2D eigenvalue weighted by Crippen LogP contribution is 2.36. The van der Waals surface area contributed by atoms with Gasteiger partial charge in [-0.3, -0.25) is 9.36 Å². The first-order valence-corrected chi connectivity index (χ1v) is 9.44. The standard InChI is InChI=1S/C18H24N2O4S/c1-10-5-6-13-14(9-10)25-16-15(13)17(21)20(12(3)19-16)11(2)18(22)24-8-7-23-4/h10-11H,5-9H2,1-4H3. The van der Waals surface area contributed by atoms with Gasteiger partial charge in [0.1, 0.15) is 23.3 Å². The molecule has 2 unspecified atom stereocenters. The van der Waals surface area contributed by atoms with Crippen molar-refractivity contribution < 1.29 is 14.3 Å². The topological polar surface area (TPSA) is 70.4 Å². The Morgan fingerprint density at radius 1 is 1.44 bits per heavy atom. The van der Waals surface area contributed by atoms with Gasteiger partial charge in [-0.1, -0.05) is 6.92 Å². The van der Waals surface area contributed by atoms with Crippen molar-refractivity contribution in [3.05, 3.63) is 26.6 Å². The molecular weight excluding hydrogens is 340 g/mol. The maximum atomic E-state index is 13.1. The number of thiophene rings is 1. The van der Waals surface area contributed by atoms with Crippen LogP contribution in [0.5, 0.6) is 0 Å². The van der Waals surface area contributed by atoms with Crippen molar-refractivity contribution in [2.45, 2.75) is 46.1 Å². The van der Waals surface area contributed by atoms with E-state index in [0.29, 0.717) is 23.7 Å². The maximum absolute atomic E-state index is 13.1. The Kier molecular flexibility index (Phi) is 5.24. The van der Waals surface area contributed by atoms with Crippen LogP contribution in [0, 0.1) is 12.8 Å². The molecule has 7 heteroatoms. The summed E-state index contributed by atoms with van der Waals surface area (Å²) in [6.45, 7) is 6.19. The fraction of sp³-hybridized carbons (Fsp3) is 0.611. The van der Waals surface area contributed by atoms with E-state index in [2.05, 4.69) is 11.9 Å². The van der Waals surface area contributed by atoms with Crippen LogP contribution in [0.1, 0.15) is 42.6 Å². The summed E-state index contributed by atoms with van der Waals surface area (Å²) in [5, 5.41) is 0.689. The number of aromatic nitrogens is 2. The maximum Gasteiger partial charge on any atom is 0.329 e. The summed E-state index contributed by atoms with van der Waals surface area (Å²) in [6, 6.07) is -0.709. The van der Waals surface area contributed by atoms with Gasteiger partial charge in [-0.2, -0.15) is 0 Å². The van der Waals surface area contributed by atoms with Gasteiger partial charge in [0.05, 0.1) is 12.0 Å².